The number of esters is 1. The Morgan fingerprint density at radius 1 is 1.07 bits per heavy atom. The number of methoxy groups -OCH3 is 1. The van der Waals surface area contributed by atoms with E-state index in [0.717, 1.165) is 0 Å². The first-order chi connectivity index (χ1) is 14.0. The maximum atomic E-state index is 12.2. The molecule has 3 rings (SSSR count). The number of hydrogen-bond donors (Lipinski definition) is 3. The SMILES string of the molecule is COC(=O)c1ccc(Oc2ncnc(NNC(=O)c3ccccc3Cl)c2N)cc1. The summed E-state index contributed by atoms with van der Waals surface area (Å²) >= 11 is 6.00. The Kier molecular flexibility index (Phi) is 6.10. The van der Waals surface area contributed by atoms with E-state index in [4.69, 9.17) is 22.1 Å². The molecule has 0 aliphatic rings. The number of rotatable bonds is 6. The minimum absolute atomic E-state index is 0.0697. The summed E-state index contributed by atoms with van der Waals surface area (Å²) in [6.07, 6.45) is 1.22. The molecule has 0 radical (unpaired) electrons. The van der Waals surface area contributed by atoms with E-state index >= 15 is 0 Å². The molecule has 29 heavy (non-hydrogen) atoms. The fraction of sp³-hybridized carbons (Fsp3) is 0.0526. The highest BCUT2D eigenvalue weighted by atomic mass is 35.5. The van der Waals surface area contributed by atoms with Crippen molar-refractivity contribution < 1.29 is 19.1 Å². The molecule has 0 bridgehead atoms. The van der Waals surface area contributed by atoms with Crippen LogP contribution in [-0.4, -0.2) is 29.0 Å². The van der Waals surface area contributed by atoms with Gasteiger partial charge in [0.1, 0.15) is 17.8 Å². The molecule has 148 valence electrons. The maximum absolute atomic E-state index is 12.2. The summed E-state index contributed by atoms with van der Waals surface area (Å²) < 4.78 is 10.3. The molecule has 0 aliphatic heterocycles. The van der Waals surface area contributed by atoms with E-state index in [0.29, 0.717) is 16.3 Å². The first kappa shape index (κ1) is 19.9. The summed E-state index contributed by atoms with van der Waals surface area (Å²) in [6.45, 7) is 0. The number of amides is 1. The third kappa shape index (κ3) is 4.71. The summed E-state index contributed by atoms with van der Waals surface area (Å²) in [5.74, 6) is -0.315. The van der Waals surface area contributed by atoms with E-state index in [1.807, 2.05) is 0 Å². The fourth-order valence-corrected chi connectivity index (χ4v) is 2.50. The number of nitrogens with two attached hydrogens (primary N) is 1. The van der Waals surface area contributed by atoms with Gasteiger partial charge in [-0.1, -0.05) is 23.7 Å². The summed E-state index contributed by atoms with van der Waals surface area (Å²) in [6, 6.07) is 12.8. The van der Waals surface area contributed by atoms with Gasteiger partial charge in [-0.05, 0) is 36.4 Å². The highest BCUT2D eigenvalue weighted by molar-refractivity contribution is 6.33. The Morgan fingerprint density at radius 3 is 2.48 bits per heavy atom. The largest absolute Gasteiger partial charge is 0.465 e. The highest BCUT2D eigenvalue weighted by Gasteiger charge is 2.14. The van der Waals surface area contributed by atoms with E-state index in [-0.39, 0.29) is 22.9 Å². The van der Waals surface area contributed by atoms with Gasteiger partial charge in [0.05, 0.1) is 23.3 Å². The molecule has 1 heterocycles. The molecule has 10 heteroatoms. The number of aromatic nitrogens is 2. The van der Waals surface area contributed by atoms with Gasteiger partial charge < -0.3 is 15.2 Å². The van der Waals surface area contributed by atoms with Crippen LogP contribution in [0.25, 0.3) is 0 Å². The van der Waals surface area contributed by atoms with E-state index in [1.165, 1.54) is 13.4 Å². The Hall–Kier alpha value is -3.85. The van der Waals surface area contributed by atoms with Gasteiger partial charge in [0, 0.05) is 0 Å². The standard InChI is InChI=1S/C19H16ClN5O4/c1-28-19(27)11-6-8-12(9-7-11)29-18-15(21)16(22-10-23-18)24-25-17(26)13-4-2-3-5-14(13)20/h2-10H,21H2,1H3,(H,25,26)(H,22,23,24). The lowest BCUT2D eigenvalue weighted by Crippen LogP contribution is -2.30. The van der Waals surface area contributed by atoms with Crippen LogP contribution in [0.3, 0.4) is 0 Å². The van der Waals surface area contributed by atoms with Crippen LogP contribution in [0.15, 0.2) is 54.9 Å². The number of halogens is 1. The zero-order valence-electron chi connectivity index (χ0n) is 15.2. The number of nitrogens with one attached hydrogen (secondary N) is 2. The summed E-state index contributed by atoms with van der Waals surface area (Å²) in [4.78, 5) is 31.7. The molecule has 0 fully saturated rings. The molecule has 3 aromatic rings. The van der Waals surface area contributed by atoms with Crippen molar-refractivity contribution in [3.63, 3.8) is 0 Å². The number of nitrogen functional groups attached to an aromatic ring is 1. The third-order valence-corrected chi connectivity index (χ3v) is 4.08. The van der Waals surface area contributed by atoms with Crippen LogP contribution >= 0.6 is 11.6 Å². The fourth-order valence-electron chi connectivity index (χ4n) is 2.28. The van der Waals surface area contributed by atoms with E-state index in [9.17, 15) is 9.59 Å². The Bertz CT molecular complexity index is 1040. The maximum Gasteiger partial charge on any atom is 0.337 e. The van der Waals surface area contributed by atoms with Gasteiger partial charge in [0.25, 0.3) is 5.91 Å². The van der Waals surface area contributed by atoms with Crippen LogP contribution in [0.2, 0.25) is 5.02 Å². The van der Waals surface area contributed by atoms with Crippen LogP contribution in [-0.2, 0) is 4.74 Å². The van der Waals surface area contributed by atoms with Gasteiger partial charge in [-0.15, -0.1) is 0 Å². The van der Waals surface area contributed by atoms with Crippen LogP contribution in [0.5, 0.6) is 11.6 Å². The predicted octanol–water partition coefficient (Wildman–Crippen LogP) is 3.05. The van der Waals surface area contributed by atoms with Gasteiger partial charge in [0.2, 0.25) is 5.88 Å². The number of carbonyl (C=O) groups excluding carboxylic acids is 2. The monoisotopic (exact) mass is 413 g/mol. The zero-order valence-corrected chi connectivity index (χ0v) is 15.9. The molecule has 1 amide bonds. The molecule has 0 spiro atoms. The van der Waals surface area contributed by atoms with Gasteiger partial charge in [0.15, 0.2) is 5.82 Å². The molecule has 0 saturated carbocycles. The van der Waals surface area contributed by atoms with Crippen molar-refractivity contribution in [2.24, 2.45) is 0 Å². The lowest BCUT2D eigenvalue weighted by molar-refractivity contribution is 0.0600. The Morgan fingerprint density at radius 2 is 1.79 bits per heavy atom. The van der Waals surface area contributed by atoms with Crippen molar-refractivity contribution in [1.29, 1.82) is 0 Å². The second kappa shape index (κ2) is 8.89. The molecule has 0 saturated heterocycles. The number of ether oxygens (including phenoxy) is 2. The van der Waals surface area contributed by atoms with Crippen LogP contribution in [0, 0.1) is 0 Å². The molecule has 9 nitrogen and oxygen atoms in total. The van der Waals surface area contributed by atoms with Crippen LogP contribution in [0.4, 0.5) is 11.5 Å². The van der Waals surface area contributed by atoms with Gasteiger partial charge in [-0.3, -0.25) is 15.6 Å². The van der Waals surface area contributed by atoms with Gasteiger partial charge >= 0.3 is 5.97 Å². The van der Waals surface area contributed by atoms with Crippen molar-refractivity contribution in [1.82, 2.24) is 15.4 Å². The molecular formula is C19H16ClN5O4. The minimum atomic E-state index is -0.463. The van der Waals surface area contributed by atoms with E-state index in [2.05, 4.69) is 25.6 Å². The average Bonchev–Trinajstić information content (AvgIpc) is 2.74. The second-order valence-corrected chi connectivity index (χ2v) is 6.03. The quantitative estimate of drug-likeness (QED) is 0.415. The lowest BCUT2D eigenvalue weighted by Gasteiger charge is -2.13. The molecule has 1 aromatic heterocycles. The smallest absolute Gasteiger partial charge is 0.337 e. The van der Waals surface area contributed by atoms with Crippen LogP contribution < -0.4 is 21.3 Å². The molecule has 0 atom stereocenters. The molecular weight excluding hydrogens is 398 g/mol. The zero-order chi connectivity index (χ0) is 20.8. The number of nitrogens with zero attached hydrogens (tertiary/aromatic N) is 2. The van der Waals surface area contributed by atoms with E-state index < -0.39 is 11.9 Å². The summed E-state index contributed by atoms with van der Waals surface area (Å²) in [5, 5.41) is 0.307. The number of hydrazine groups is 1. The molecule has 2 aromatic carbocycles. The first-order valence-corrected chi connectivity index (χ1v) is 8.65. The van der Waals surface area contributed by atoms with Crippen LogP contribution in [0.1, 0.15) is 20.7 Å². The average molecular weight is 414 g/mol. The predicted molar refractivity (Wildman–Crippen MR) is 107 cm³/mol. The van der Waals surface area contributed by atoms with Crippen molar-refractivity contribution in [3.05, 3.63) is 71.0 Å². The van der Waals surface area contributed by atoms with Gasteiger partial charge in [-0.2, -0.15) is 4.98 Å². The van der Waals surface area contributed by atoms with Crippen molar-refractivity contribution in [2.45, 2.75) is 0 Å². The normalized spacial score (nSPS) is 10.1. The topological polar surface area (TPSA) is 128 Å². The molecule has 0 aliphatic carbocycles. The first-order valence-electron chi connectivity index (χ1n) is 8.27. The number of carbonyl (C=O) groups is 2. The summed E-state index contributed by atoms with van der Waals surface area (Å²) in [7, 11) is 1.30. The Balaban J connectivity index is 1.70. The second-order valence-electron chi connectivity index (χ2n) is 5.62. The lowest BCUT2D eigenvalue weighted by atomic mass is 10.2. The van der Waals surface area contributed by atoms with Crippen molar-refractivity contribution >= 4 is 35.0 Å². The number of hydrogen-bond acceptors (Lipinski definition) is 8. The molecule has 0 unspecified atom stereocenters. The van der Waals surface area contributed by atoms with Crippen molar-refractivity contribution in [2.75, 3.05) is 18.3 Å². The number of anilines is 2. The minimum Gasteiger partial charge on any atom is -0.465 e. The van der Waals surface area contributed by atoms with Gasteiger partial charge in [-0.25, -0.2) is 9.78 Å². The highest BCUT2D eigenvalue weighted by Crippen LogP contribution is 2.29. The van der Waals surface area contributed by atoms with Crippen molar-refractivity contribution in [3.8, 4) is 11.6 Å². The summed E-state index contributed by atoms with van der Waals surface area (Å²) in [5.41, 5.74) is 11.8. The van der Waals surface area contributed by atoms with E-state index in [1.54, 1.807) is 48.5 Å². The Labute approximate surface area is 170 Å². The number of benzene rings is 2. The third-order valence-electron chi connectivity index (χ3n) is 3.75. The molecule has 4 N–H and O–H groups in total.